The Morgan fingerprint density at radius 3 is 2.08 bits per heavy atom. The maximum Gasteiger partial charge on any atom is 0.162 e. The third kappa shape index (κ3) is 2.88. The summed E-state index contributed by atoms with van der Waals surface area (Å²) in [5.41, 5.74) is 8.36. The maximum atomic E-state index is 5.97. The van der Waals surface area contributed by atoms with Gasteiger partial charge in [-0.25, -0.2) is 4.99 Å². The third-order valence-electron chi connectivity index (χ3n) is 6.51. The summed E-state index contributed by atoms with van der Waals surface area (Å²) in [6.45, 7) is 0. The first-order valence-corrected chi connectivity index (χ1v) is 9.76. The molecule has 4 nitrogen and oxygen atoms in total. The summed E-state index contributed by atoms with van der Waals surface area (Å²) in [5.74, 6) is 4.73. The summed E-state index contributed by atoms with van der Waals surface area (Å²) < 4.78 is 11.1. The van der Waals surface area contributed by atoms with E-state index in [0.29, 0.717) is 11.6 Å². The molecular weight excluding hydrogens is 336 g/mol. The molecule has 0 unspecified atom stereocenters. The number of nitrogens with two attached hydrogens (primary N) is 1. The van der Waals surface area contributed by atoms with Gasteiger partial charge in [0.1, 0.15) is 5.84 Å². The summed E-state index contributed by atoms with van der Waals surface area (Å²) in [7, 11) is 3.35. The van der Waals surface area contributed by atoms with E-state index in [0.717, 1.165) is 29.2 Å². The van der Waals surface area contributed by atoms with Crippen molar-refractivity contribution in [2.24, 2.45) is 28.5 Å². The minimum Gasteiger partial charge on any atom is -0.493 e. The lowest BCUT2D eigenvalue weighted by atomic mass is 9.48. The van der Waals surface area contributed by atoms with Crippen molar-refractivity contribution in [3.8, 4) is 11.5 Å². The Morgan fingerprint density at radius 2 is 1.60 bits per heavy atom. The Morgan fingerprint density at radius 1 is 1.08 bits per heavy atom. The van der Waals surface area contributed by atoms with E-state index in [1.54, 1.807) is 14.2 Å². The van der Waals surface area contributed by atoms with Crippen molar-refractivity contribution in [2.45, 2.75) is 43.9 Å². The van der Waals surface area contributed by atoms with E-state index in [9.17, 15) is 0 Å². The van der Waals surface area contributed by atoms with Crippen LogP contribution in [0.25, 0.3) is 0 Å². The molecule has 1 aromatic carbocycles. The van der Waals surface area contributed by atoms with Crippen LogP contribution in [0.2, 0.25) is 0 Å². The monoisotopic (exact) mass is 362 g/mol. The van der Waals surface area contributed by atoms with Crippen LogP contribution in [0.5, 0.6) is 11.5 Å². The predicted molar refractivity (Wildman–Crippen MR) is 101 cm³/mol. The molecule has 4 aliphatic carbocycles. The van der Waals surface area contributed by atoms with Crippen molar-refractivity contribution in [1.82, 2.24) is 0 Å². The van der Waals surface area contributed by atoms with Crippen molar-refractivity contribution in [2.75, 3.05) is 20.1 Å². The number of aliphatic imine (C=N–C) groups is 1. The van der Waals surface area contributed by atoms with Gasteiger partial charge < -0.3 is 15.2 Å². The summed E-state index contributed by atoms with van der Waals surface area (Å²) >= 11 is 5.89. The molecule has 0 aliphatic heterocycles. The predicted octanol–water partition coefficient (Wildman–Crippen LogP) is 4.40. The minimum absolute atomic E-state index is 0.208. The van der Waals surface area contributed by atoms with E-state index in [4.69, 9.17) is 26.8 Å². The maximum absolute atomic E-state index is 5.97. The molecule has 0 atom stereocenters. The van der Waals surface area contributed by atoms with Gasteiger partial charge in [0.2, 0.25) is 0 Å². The van der Waals surface area contributed by atoms with Crippen molar-refractivity contribution in [3.05, 3.63) is 17.7 Å². The van der Waals surface area contributed by atoms with E-state index < -0.39 is 0 Å². The topological polar surface area (TPSA) is 56.8 Å². The molecule has 4 fully saturated rings. The fraction of sp³-hybridized carbons (Fsp3) is 0.650. The summed E-state index contributed by atoms with van der Waals surface area (Å²) in [6, 6.07) is 4.11. The summed E-state index contributed by atoms with van der Waals surface area (Å²) in [6.07, 6.45) is 8.02. The number of benzene rings is 1. The number of amidine groups is 1. The molecule has 4 saturated carbocycles. The number of hydrogen-bond donors (Lipinski definition) is 1. The van der Waals surface area contributed by atoms with Crippen LogP contribution in [0, 0.1) is 17.8 Å². The van der Waals surface area contributed by atoms with Gasteiger partial charge in [-0.2, -0.15) is 0 Å². The normalized spacial score (nSPS) is 33.6. The van der Waals surface area contributed by atoms with E-state index in [1.165, 1.54) is 44.1 Å². The minimum atomic E-state index is 0.208. The molecule has 5 heteroatoms. The van der Waals surface area contributed by atoms with Crippen LogP contribution >= 0.6 is 11.6 Å². The van der Waals surface area contributed by atoms with Crippen molar-refractivity contribution < 1.29 is 9.47 Å². The third-order valence-corrected chi connectivity index (χ3v) is 6.79. The molecule has 136 valence electrons. The number of rotatable bonds is 5. The molecule has 4 aliphatic rings. The number of halogens is 1. The molecule has 1 aromatic rings. The molecule has 0 aromatic heterocycles. The summed E-state index contributed by atoms with van der Waals surface area (Å²) in [5, 5.41) is 0. The van der Waals surface area contributed by atoms with E-state index in [1.807, 2.05) is 6.07 Å². The molecule has 0 saturated heterocycles. The molecule has 4 bridgehead atoms. The quantitative estimate of drug-likeness (QED) is 0.480. The molecule has 5 rings (SSSR count). The lowest BCUT2D eigenvalue weighted by Gasteiger charge is -2.57. The second kappa shape index (κ2) is 6.39. The van der Waals surface area contributed by atoms with Crippen molar-refractivity contribution in [3.63, 3.8) is 0 Å². The number of ether oxygens (including phenoxy) is 2. The van der Waals surface area contributed by atoms with Crippen LogP contribution in [0.3, 0.4) is 0 Å². The SMILES string of the molecule is COc1cc(N=C(N)CCl)c(C23CC4CC(CC(C4)C2)C3)cc1OC. The lowest BCUT2D eigenvalue weighted by molar-refractivity contribution is -0.00500. The lowest BCUT2D eigenvalue weighted by Crippen LogP contribution is -2.48. The van der Waals surface area contributed by atoms with E-state index in [2.05, 4.69) is 11.1 Å². The Labute approximate surface area is 154 Å². The number of hydrogen-bond acceptors (Lipinski definition) is 3. The zero-order valence-corrected chi connectivity index (χ0v) is 15.8. The first-order valence-electron chi connectivity index (χ1n) is 9.22. The van der Waals surface area contributed by atoms with Gasteiger partial charge in [0.25, 0.3) is 0 Å². The Kier molecular flexibility index (Phi) is 4.35. The number of alkyl halides is 1. The standard InChI is InChI=1S/C20H27ClN2O2/c1-24-17-6-15(16(7-18(17)25-2)23-19(22)11-21)20-8-12-3-13(9-20)5-14(4-12)10-20/h6-7,12-14H,3-5,8-11H2,1-2H3,(H2,22,23). The van der Waals surface area contributed by atoms with Gasteiger partial charge in [-0.05, 0) is 73.3 Å². The van der Waals surface area contributed by atoms with Crippen LogP contribution in [0.1, 0.15) is 44.1 Å². The van der Waals surface area contributed by atoms with Gasteiger partial charge in [0.05, 0.1) is 25.8 Å². The second-order valence-electron chi connectivity index (χ2n) is 8.16. The highest BCUT2D eigenvalue weighted by Gasteiger charge is 2.52. The van der Waals surface area contributed by atoms with Crippen LogP contribution in [0.4, 0.5) is 5.69 Å². The number of methoxy groups -OCH3 is 2. The fourth-order valence-electron chi connectivity index (χ4n) is 6.01. The van der Waals surface area contributed by atoms with Crippen LogP contribution < -0.4 is 15.2 Å². The van der Waals surface area contributed by atoms with Gasteiger partial charge in [-0.15, -0.1) is 11.6 Å². The van der Waals surface area contributed by atoms with Crippen LogP contribution in [0.15, 0.2) is 17.1 Å². The molecule has 0 radical (unpaired) electrons. The highest BCUT2D eigenvalue weighted by Crippen LogP contribution is 2.62. The van der Waals surface area contributed by atoms with Gasteiger partial charge >= 0.3 is 0 Å². The highest BCUT2D eigenvalue weighted by molar-refractivity contribution is 6.28. The van der Waals surface area contributed by atoms with Crippen LogP contribution in [-0.2, 0) is 5.41 Å². The largest absolute Gasteiger partial charge is 0.493 e. The average molecular weight is 363 g/mol. The Balaban J connectivity index is 1.85. The first kappa shape index (κ1) is 17.0. The van der Waals surface area contributed by atoms with Gasteiger partial charge in [0, 0.05) is 6.07 Å². The smallest absolute Gasteiger partial charge is 0.162 e. The summed E-state index contributed by atoms with van der Waals surface area (Å²) in [4.78, 5) is 4.65. The number of nitrogens with zero attached hydrogens (tertiary/aromatic N) is 1. The zero-order chi connectivity index (χ0) is 17.6. The molecule has 0 amide bonds. The Bertz CT molecular complexity index is 666. The van der Waals surface area contributed by atoms with Crippen molar-refractivity contribution >= 4 is 23.1 Å². The van der Waals surface area contributed by atoms with Gasteiger partial charge in [-0.1, -0.05) is 0 Å². The van der Waals surface area contributed by atoms with Crippen LogP contribution in [-0.4, -0.2) is 25.9 Å². The van der Waals surface area contributed by atoms with E-state index in [-0.39, 0.29) is 11.3 Å². The van der Waals surface area contributed by atoms with E-state index >= 15 is 0 Å². The molecule has 0 heterocycles. The molecular formula is C20H27ClN2O2. The van der Waals surface area contributed by atoms with Gasteiger partial charge in [0.15, 0.2) is 11.5 Å². The molecule has 25 heavy (non-hydrogen) atoms. The van der Waals surface area contributed by atoms with Crippen molar-refractivity contribution in [1.29, 1.82) is 0 Å². The molecule has 0 spiro atoms. The fourth-order valence-corrected chi connectivity index (χ4v) is 6.07. The zero-order valence-electron chi connectivity index (χ0n) is 15.1. The Hall–Kier alpha value is -1.42. The second-order valence-corrected chi connectivity index (χ2v) is 8.43. The average Bonchev–Trinajstić information content (AvgIpc) is 2.59. The van der Waals surface area contributed by atoms with Gasteiger partial charge in [-0.3, -0.25) is 0 Å². The molecule has 2 N–H and O–H groups in total. The highest BCUT2D eigenvalue weighted by atomic mass is 35.5. The first-order chi connectivity index (χ1) is 12.1.